The number of hydrogen-bond acceptors (Lipinski definition) is 5. The maximum absolute atomic E-state index is 12.3. The van der Waals surface area contributed by atoms with Crippen molar-refractivity contribution < 1.29 is 23.8 Å². The van der Waals surface area contributed by atoms with Crippen LogP contribution in [-0.4, -0.2) is 32.2 Å². The summed E-state index contributed by atoms with van der Waals surface area (Å²) in [4.78, 5) is 24.4. The van der Waals surface area contributed by atoms with Gasteiger partial charge in [0.15, 0.2) is 6.10 Å². The van der Waals surface area contributed by atoms with Crippen LogP contribution in [0.15, 0.2) is 48.5 Å². The van der Waals surface area contributed by atoms with Gasteiger partial charge in [0.1, 0.15) is 11.5 Å². The van der Waals surface area contributed by atoms with Crippen LogP contribution in [0.2, 0.25) is 0 Å². The van der Waals surface area contributed by atoms with E-state index in [-0.39, 0.29) is 0 Å². The van der Waals surface area contributed by atoms with E-state index in [0.29, 0.717) is 28.7 Å². The van der Waals surface area contributed by atoms with Gasteiger partial charge in [0.05, 0.1) is 14.2 Å². The minimum absolute atomic E-state index is 0.400. The lowest BCUT2D eigenvalue weighted by Gasteiger charge is -2.13. The molecule has 0 aromatic heterocycles. The summed E-state index contributed by atoms with van der Waals surface area (Å²) in [7, 11) is 3.10. The number of carbonyl (C=O) groups is 2. The van der Waals surface area contributed by atoms with Crippen LogP contribution < -0.4 is 14.8 Å². The Labute approximate surface area is 171 Å². The second-order valence-electron chi connectivity index (χ2n) is 6.79. The zero-order valence-corrected chi connectivity index (χ0v) is 17.4. The Balaban J connectivity index is 1.96. The molecule has 2 rings (SSSR count). The molecule has 154 valence electrons. The summed E-state index contributed by atoms with van der Waals surface area (Å²) < 4.78 is 15.6. The average Bonchev–Trinajstić information content (AvgIpc) is 2.72. The van der Waals surface area contributed by atoms with Crippen LogP contribution in [0.4, 0.5) is 5.69 Å². The van der Waals surface area contributed by atoms with Crippen molar-refractivity contribution in [1.82, 2.24) is 0 Å². The van der Waals surface area contributed by atoms with Gasteiger partial charge in [-0.25, -0.2) is 4.79 Å². The summed E-state index contributed by atoms with van der Waals surface area (Å²) in [5, 5.41) is 2.74. The number of carbonyl (C=O) groups excluding carboxylic acids is 2. The quantitative estimate of drug-likeness (QED) is 0.528. The minimum atomic E-state index is -0.941. The lowest BCUT2D eigenvalue weighted by Crippen LogP contribution is -2.29. The molecule has 29 heavy (non-hydrogen) atoms. The molecule has 0 spiro atoms. The van der Waals surface area contributed by atoms with E-state index in [9.17, 15) is 9.59 Å². The number of hydrogen-bond donors (Lipinski definition) is 1. The maximum atomic E-state index is 12.3. The molecule has 2 aromatic carbocycles. The summed E-state index contributed by atoms with van der Waals surface area (Å²) in [6.07, 6.45) is 1.86. The topological polar surface area (TPSA) is 73.9 Å². The van der Waals surface area contributed by atoms with Gasteiger partial charge in [0, 0.05) is 17.3 Å². The molecule has 0 saturated heterocycles. The highest BCUT2D eigenvalue weighted by atomic mass is 16.5. The lowest BCUT2D eigenvalue weighted by molar-refractivity contribution is -0.148. The van der Waals surface area contributed by atoms with E-state index < -0.39 is 18.0 Å². The normalized spacial score (nSPS) is 11.9. The molecule has 1 amide bonds. The van der Waals surface area contributed by atoms with E-state index in [4.69, 9.17) is 14.2 Å². The molecule has 0 radical (unpaired) electrons. The van der Waals surface area contributed by atoms with Crippen LogP contribution in [0.1, 0.15) is 37.8 Å². The molecule has 0 aliphatic carbocycles. The molecule has 2 aromatic rings. The Morgan fingerprint density at radius 1 is 0.966 bits per heavy atom. The Kier molecular flexibility index (Phi) is 7.83. The van der Waals surface area contributed by atoms with Crippen LogP contribution in [0.5, 0.6) is 11.5 Å². The van der Waals surface area contributed by atoms with Crippen molar-refractivity contribution >= 4 is 23.6 Å². The molecule has 0 bridgehead atoms. The van der Waals surface area contributed by atoms with Crippen LogP contribution in [0.3, 0.4) is 0 Å². The first-order valence-corrected chi connectivity index (χ1v) is 9.35. The first-order valence-electron chi connectivity index (χ1n) is 9.35. The smallest absolute Gasteiger partial charge is 0.331 e. The molecular formula is C23H27NO5. The van der Waals surface area contributed by atoms with Gasteiger partial charge in [-0.2, -0.15) is 0 Å². The minimum Gasteiger partial charge on any atom is -0.497 e. The number of benzene rings is 2. The largest absolute Gasteiger partial charge is 0.497 e. The fourth-order valence-corrected chi connectivity index (χ4v) is 2.59. The summed E-state index contributed by atoms with van der Waals surface area (Å²) in [5.74, 6) is 0.603. The van der Waals surface area contributed by atoms with Crippen molar-refractivity contribution in [2.24, 2.45) is 0 Å². The van der Waals surface area contributed by atoms with Crippen LogP contribution in [0, 0.1) is 0 Å². The third-order valence-electron chi connectivity index (χ3n) is 4.34. The zero-order valence-electron chi connectivity index (χ0n) is 17.4. The van der Waals surface area contributed by atoms with Gasteiger partial charge in [-0.15, -0.1) is 0 Å². The number of rotatable bonds is 8. The van der Waals surface area contributed by atoms with Crippen molar-refractivity contribution in [3.8, 4) is 11.5 Å². The van der Waals surface area contributed by atoms with Crippen LogP contribution >= 0.6 is 0 Å². The van der Waals surface area contributed by atoms with Gasteiger partial charge in [-0.1, -0.05) is 26.0 Å². The van der Waals surface area contributed by atoms with Gasteiger partial charge in [0.2, 0.25) is 0 Å². The molecule has 0 heterocycles. The molecular weight excluding hydrogens is 370 g/mol. The fourth-order valence-electron chi connectivity index (χ4n) is 2.59. The van der Waals surface area contributed by atoms with Crippen LogP contribution in [0.25, 0.3) is 6.08 Å². The van der Waals surface area contributed by atoms with E-state index in [1.807, 2.05) is 24.3 Å². The Bertz CT molecular complexity index is 871. The first-order chi connectivity index (χ1) is 13.8. The molecule has 1 N–H and O–H groups in total. The van der Waals surface area contributed by atoms with Crippen molar-refractivity contribution in [3.63, 3.8) is 0 Å². The number of esters is 1. The number of ether oxygens (including phenoxy) is 3. The summed E-state index contributed by atoms with van der Waals surface area (Å²) in [6, 6.07) is 12.8. The Morgan fingerprint density at radius 3 is 2.24 bits per heavy atom. The van der Waals surface area contributed by atoms with Crippen molar-refractivity contribution in [2.45, 2.75) is 32.8 Å². The zero-order chi connectivity index (χ0) is 21.4. The van der Waals surface area contributed by atoms with Gasteiger partial charge in [-0.3, -0.25) is 4.79 Å². The predicted molar refractivity (Wildman–Crippen MR) is 113 cm³/mol. The summed E-state index contributed by atoms with van der Waals surface area (Å²) >= 11 is 0. The van der Waals surface area contributed by atoms with Gasteiger partial charge < -0.3 is 19.5 Å². The molecule has 0 unspecified atom stereocenters. The summed E-state index contributed by atoms with van der Waals surface area (Å²) in [6.45, 7) is 5.73. The lowest BCUT2D eigenvalue weighted by atomic mass is 10.0. The molecule has 1 atom stereocenters. The van der Waals surface area contributed by atoms with Crippen molar-refractivity contribution in [1.29, 1.82) is 0 Å². The van der Waals surface area contributed by atoms with E-state index >= 15 is 0 Å². The standard InChI is InChI=1S/C23H27NO5/c1-15(2)17-6-9-19(10-7-17)24-23(26)16(3)29-22(25)13-8-18-14-20(27-4)11-12-21(18)28-5/h6-16H,1-5H3,(H,24,26)/b13-8+/t16-/m1/s1. The monoisotopic (exact) mass is 397 g/mol. The third-order valence-corrected chi connectivity index (χ3v) is 4.34. The van der Waals surface area contributed by atoms with Crippen molar-refractivity contribution in [3.05, 3.63) is 59.7 Å². The molecule has 6 nitrogen and oxygen atoms in total. The number of methoxy groups -OCH3 is 2. The highest BCUT2D eigenvalue weighted by molar-refractivity contribution is 5.96. The average molecular weight is 397 g/mol. The molecule has 0 fully saturated rings. The van der Waals surface area contributed by atoms with Crippen LogP contribution in [-0.2, 0) is 14.3 Å². The third kappa shape index (κ3) is 6.38. The van der Waals surface area contributed by atoms with Gasteiger partial charge >= 0.3 is 5.97 Å². The van der Waals surface area contributed by atoms with Crippen molar-refractivity contribution in [2.75, 3.05) is 19.5 Å². The molecule has 0 aliphatic rings. The predicted octanol–water partition coefficient (Wildman–Crippen LogP) is 4.41. The van der Waals surface area contributed by atoms with E-state index in [1.165, 1.54) is 25.7 Å². The number of anilines is 1. The number of nitrogens with one attached hydrogen (secondary N) is 1. The second kappa shape index (κ2) is 10.3. The van der Waals surface area contributed by atoms with E-state index in [0.717, 1.165) is 0 Å². The van der Waals surface area contributed by atoms with E-state index in [1.54, 1.807) is 31.4 Å². The maximum Gasteiger partial charge on any atom is 0.331 e. The molecule has 6 heteroatoms. The highest BCUT2D eigenvalue weighted by Gasteiger charge is 2.17. The SMILES string of the molecule is COc1ccc(OC)c(/C=C/C(=O)O[C@H](C)C(=O)Nc2ccc(C(C)C)cc2)c1. The van der Waals surface area contributed by atoms with Gasteiger partial charge in [0.25, 0.3) is 5.91 Å². The first kappa shape index (κ1) is 22.0. The Morgan fingerprint density at radius 2 is 1.66 bits per heavy atom. The summed E-state index contributed by atoms with van der Waals surface area (Å²) in [5.41, 5.74) is 2.49. The molecule has 0 aliphatic heterocycles. The van der Waals surface area contributed by atoms with E-state index in [2.05, 4.69) is 19.2 Å². The Hall–Kier alpha value is -3.28. The number of amides is 1. The molecule has 0 saturated carbocycles. The highest BCUT2D eigenvalue weighted by Crippen LogP contribution is 2.25. The second-order valence-corrected chi connectivity index (χ2v) is 6.79. The van der Waals surface area contributed by atoms with Gasteiger partial charge in [-0.05, 0) is 54.8 Å². The fraction of sp³-hybridized carbons (Fsp3) is 0.304.